The van der Waals surface area contributed by atoms with Gasteiger partial charge in [-0.15, -0.1) is 0 Å². The number of esters is 1. The summed E-state index contributed by atoms with van der Waals surface area (Å²) in [6, 6.07) is 0. The van der Waals surface area contributed by atoms with Crippen molar-refractivity contribution in [2.75, 3.05) is 6.61 Å². The maximum absolute atomic E-state index is 11.4. The van der Waals surface area contributed by atoms with Gasteiger partial charge in [0.2, 0.25) is 0 Å². The van der Waals surface area contributed by atoms with Crippen LogP contribution >= 0.6 is 0 Å². The third-order valence-corrected chi connectivity index (χ3v) is 3.27. The molecule has 0 saturated heterocycles. The first-order valence-electron chi connectivity index (χ1n) is 6.64. The molecule has 1 aliphatic rings. The Labute approximate surface area is 109 Å². The van der Waals surface area contributed by atoms with Crippen molar-refractivity contribution in [2.45, 2.75) is 46.0 Å². The van der Waals surface area contributed by atoms with Crippen LogP contribution < -0.4 is 0 Å². The van der Waals surface area contributed by atoms with Crippen molar-refractivity contribution in [3.05, 3.63) is 24.3 Å². The van der Waals surface area contributed by atoms with Gasteiger partial charge in [0.15, 0.2) is 5.78 Å². The molecular formula is C15H22O3. The summed E-state index contributed by atoms with van der Waals surface area (Å²) >= 11 is 0. The minimum absolute atomic E-state index is 0.0458. The van der Waals surface area contributed by atoms with E-state index >= 15 is 0 Å². The molecule has 0 unspecified atom stereocenters. The third-order valence-electron chi connectivity index (χ3n) is 3.27. The number of ether oxygens (including phenoxy) is 1. The van der Waals surface area contributed by atoms with Gasteiger partial charge in [0.05, 0.1) is 6.61 Å². The van der Waals surface area contributed by atoms with Crippen LogP contribution in [-0.4, -0.2) is 18.4 Å². The number of carbonyl (C=O) groups excluding carboxylic acids is 2. The Hall–Kier alpha value is -1.38. The van der Waals surface area contributed by atoms with Gasteiger partial charge >= 0.3 is 5.97 Å². The quantitative estimate of drug-likeness (QED) is 0.556. The fourth-order valence-electron chi connectivity index (χ4n) is 2.31. The van der Waals surface area contributed by atoms with Crippen molar-refractivity contribution < 1.29 is 14.3 Å². The van der Waals surface area contributed by atoms with Gasteiger partial charge in [0.25, 0.3) is 0 Å². The van der Waals surface area contributed by atoms with Crippen LogP contribution in [0.25, 0.3) is 0 Å². The number of allylic oxidation sites excluding steroid dienone is 3. The van der Waals surface area contributed by atoms with Crippen LogP contribution in [0.2, 0.25) is 0 Å². The van der Waals surface area contributed by atoms with E-state index < -0.39 is 0 Å². The molecular weight excluding hydrogens is 228 g/mol. The fraction of sp³-hybridized carbons (Fsp3) is 0.600. The predicted octanol–water partition coefficient (Wildman–Crippen LogP) is 3.20. The minimum Gasteiger partial charge on any atom is -0.463 e. The summed E-state index contributed by atoms with van der Waals surface area (Å²) in [6.07, 6.45) is 12.4. The third kappa shape index (κ3) is 4.86. The zero-order valence-corrected chi connectivity index (χ0v) is 11.3. The first-order chi connectivity index (χ1) is 8.58. The summed E-state index contributed by atoms with van der Waals surface area (Å²) in [5.74, 6) is -0.261. The summed E-state index contributed by atoms with van der Waals surface area (Å²) in [5.41, 5.74) is -0.142. The van der Waals surface area contributed by atoms with Crippen LogP contribution in [-0.2, 0) is 14.3 Å². The molecule has 0 amide bonds. The highest BCUT2D eigenvalue weighted by Gasteiger charge is 2.26. The molecule has 0 bridgehead atoms. The molecule has 3 nitrogen and oxygen atoms in total. The maximum Gasteiger partial charge on any atom is 0.330 e. The standard InChI is InChI=1S/C15H22O3/c1-3-18-14(17)8-12-15(11-7-13(2)16)9-5-4-6-10-15/h7-8,11-12H,3-6,9-10H2,1-2H3/b11-7+,12-8+. The van der Waals surface area contributed by atoms with Crippen LogP contribution in [0, 0.1) is 5.41 Å². The predicted molar refractivity (Wildman–Crippen MR) is 71.1 cm³/mol. The molecule has 0 atom stereocenters. The first-order valence-corrected chi connectivity index (χ1v) is 6.64. The van der Waals surface area contributed by atoms with Crippen LogP contribution in [0.4, 0.5) is 0 Å². The lowest BCUT2D eigenvalue weighted by Crippen LogP contribution is -2.20. The monoisotopic (exact) mass is 250 g/mol. The normalized spacial score (nSPS) is 19.2. The van der Waals surface area contributed by atoms with Crippen molar-refractivity contribution in [3.8, 4) is 0 Å². The van der Waals surface area contributed by atoms with E-state index in [-0.39, 0.29) is 17.2 Å². The molecule has 1 aliphatic carbocycles. The minimum atomic E-state index is -0.307. The van der Waals surface area contributed by atoms with E-state index in [4.69, 9.17) is 4.74 Å². The molecule has 0 aromatic carbocycles. The van der Waals surface area contributed by atoms with E-state index in [1.165, 1.54) is 12.5 Å². The average Bonchev–Trinajstić information content (AvgIpc) is 2.36. The molecule has 0 spiro atoms. The summed E-state index contributed by atoms with van der Waals surface area (Å²) in [6.45, 7) is 3.72. The maximum atomic E-state index is 11.4. The lowest BCUT2D eigenvalue weighted by atomic mass is 9.73. The van der Waals surface area contributed by atoms with E-state index in [2.05, 4.69) is 0 Å². The van der Waals surface area contributed by atoms with Crippen molar-refractivity contribution >= 4 is 11.8 Å². The Bertz CT molecular complexity index is 347. The molecule has 0 N–H and O–H groups in total. The molecule has 18 heavy (non-hydrogen) atoms. The first kappa shape index (κ1) is 14.7. The Morgan fingerprint density at radius 2 is 1.72 bits per heavy atom. The Morgan fingerprint density at radius 1 is 1.11 bits per heavy atom. The zero-order valence-electron chi connectivity index (χ0n) is 11.3. The highest BCUT2D eigenvalue weighted by molar-refractivity contribution is 5.87. The molecule has 1 fully saturated rings. The highest BCUT2D eigenvalue weighted by atomic mass is 16.5. The molecule has 100 valence electrons. The van der Waals surface area contributed by atoms with Gasteiger partial charge in [0, 0.05) is 11.5 Å². The van der Waals surface area contributed by atoms with Crippen molar-refractivity contribution in [2.24, 2.45) is 5.41 Å². The lowest BCUT2D eigenvalue weighted by Gasteiger charge is -2.31. The van der Waals surface area contributed by atoms with Crippen molar-refractivity contribution in [3.63, 3.8) is 0 Å². The summed E-state index contributed by atoms with van der Waals surface area (Å²) < 4.78 is 4.89. The van der Waals surface area contributed by atoms with Crippen LogP contribution in [0.1, 0.15) is 46.0 Å². The molecule has 0 aromatic rings. The molecule has 0 aliphatic heterocycles. The highest BCUT2D eigenvalue weighted by Crippen LogP contribution is 2.39. The second-order valence-corrected chi connectivity index (χ2v) is 4.82. The lowest BCUT2D eigenvalue weighted by molar-refractivity contribution is -0.137. The average molecular weight is 250 g/mol. The molecule has 0 heterocycles. The van der Waals surface area contributed by atoms with Crippen LogP contribution in [0.5, 0.6) is 0 Å². The van der Waals surface area contributed by atoms with Gasteiger partial charge < -0.3 is 4.74 Å². The largest absolute Gasteiger partial charge is 0.463 e. The van der Waals surface area contributed by atoms with E-state index in [1.807, 2.05) is 12.2 Å². The summed E-state index contributed by atoms with van der Waals surface area (Å²) in [4.78, 5) is 22.4. The van der Waals surface area contributed by atoms with Gasteiger partial charge in [-0.3, -0.25) is 4.79 Å². The molecule has 3 heteroatoms. The zero-order chi connectivity index (χ0) is 13.4. The number of rotatable bonds is 5. The molecule has 1 saturated carbocycles. The number of ketones is 1. The van der Waals surface area contributed by atoms with Gasteiger partial charge in [-0.05, 0) is 32.8 Å². The Kier molecular flexibility index (Phi) is 5.83. The fourth-order valence-corrected chi connectivity index (χ4v) is 2.31. The summed E-state index contributed by atoms with van der Waals surface area (Å²) in [5, 5.41) is 0. The topological polar surface area (TPSA) is 43.4 Å². The second-order valence-electron chi connectivity index (χ2n) is 4.82. The van der Waals surface area contributed by atoms with E-state index in [1.54, 1.807) is 19.9 Å². The van der Waals surface area contributed by atoms with Crippen molar-refractivity contribution in [1.29, 1.82) is 0 Å². The van der Waals surface area contributed by atoms with Crippen LogP contribution in [0.3, 0.4) is 0 Å². The van der Waals surface area contributed by atoms with E-state index in [9.17, 15) is 9.59 Å². The van der Waals surface area contributed by atoms with Crippen LogP contribution in [0.15, 0.2) is 24.3 Å². The Morgan fingerprint density at radius 3 is 2.28 bits per heavy atom. The van der Waals surface area contributed by atoms with E-state index in [0.29, 0.717) is 6.61 Å². The van der Waals surface area contributed by atoms with E-state index in [0.717, 1.165) is 25.7 Å². The number of carbonyl (C=O) groups is 2. The molecule has 0 radical (unpaired) electrons. The smallest absolute Gasteiger partial charge is 0.330 e. The Balaban J connectivity index is 2.77. The molecule has 1 rings (SSSR count). The SMILES string of the molecule is CCOC(=O)/C=C/C1(/C=C/C(C)=O)CCCCC1. The number of hydrogen-bond acceptors (Lipinski definition) is 3. The molecule has 0 aromatic heterocycles. The second kappa shape index (κ2) is 7.14. The van der Waals surface area contributed by atoms with Gasteiger partial charge in [-0.2, -0.15) is 0 Å². The summed E-state index contributed by atoms with van der Waals surface area (Å²) in [7, 11) is 0. The van der Waals surface area contributed by atoms with Gasteiger partial charge in [0.1, 0.15) is 0 Å². The van der Waals surface area contributed by atoms with Gasteiger partial charge in [-0.1, -0.05) is 31.4 Å². The van der Waals surface area contributed by atoms with Crippen molar-refractivity contribution in [1.82, 2.24) is 0 Å². The van der Waals surface area contributed by atoms with Gasteiger partial charge in [-0.25, -0.2) is 4.79 Å². The number of hydrogen-bond donors (Lipinski definition) is 0.